The van der Waals surface area contributed by atoms with Crippen LogP contribution in [0.4, 0.5) is 0 Å². The number of ether oxygens (including phenoxy) is 3. The van der Waals surface area contributed by atoms with Crippen LogP contribution in [0.25, 0.3) is 11.1 Å². The van der Waals surface area contributed by atoms with Crippen LogP contribution in [0.3, 0.4) is 0 Å². The molecule has 0 aromatic heterocycles. The molecule has 3 aromatic rings. The maximum atomic E-state index is 13.0. The van der Waals surface area contributed by atoms with Gasteiger partial charge in [-0.3, -0.25) is 14.5 Å². The van der Waals surface area contributed by atoms with Crippen LogP contribution in [0.1, 0.15) is 81.6 Å². The molecular weight excluding hydrogens is 556 g/mol. The molecule has 0 radical (unpaired) electrons. The number of carbonyl (C=O) groups excluding carboxylic acids is 2. The highest BCUT2D eigenvalue weighted by atomic mass is 16.7. The van der Waals surface area contributed by atoms with Crippen molar-refractivity contribution in [2.45, 2.75) is 90.2 Å². The number of nitrogens with one attached hydrogen (secondary N) is 1. The fourth-order valence-electron chi connectivity index (χ4n) is 5.97. The second-order valence-electron chi connectivity index (χ2n) is 12.7. The second-order valence-corrected chi connectivity index (χ2v) is 12.7. The summed E-state index contributed by atoms with van der Waals surface area (Å²) in [6.07, 6.45) is 1.37. The van der Waals surface area contributed by atoms with Gasteiger partial charge in [-0.2, -0.15) is 0 Å². The predicted molar refractivity (Wildman–Crippen MR) is 168 cm³/mol. The van der Waals surface area contributed by atoms with Gasteiger partial charge >= 0.3 is 5.97 Å². The number of likely N-dealkylation sites (tertiary alicyclic amines) is 1. The number of hydrogen-bond donors (Lipinski definition) is 2. The van der Waals surface area contributed by atoms with Crippen molar-refractivity contribution >= 4 is 11.9 Å². The summed E-state index contributed by atoms with van der Waals surface area (Å²) in [6, 6.07) is 23.8. The summed E-state index contributed by atoms with van der Waals surface area (Å²) in [4.78, 5) is 26.7. The van der Waals surface area contributed by atoms with Gasteiger partial charge in [0.05, 0.1) is 18.8 Å². The molecule has 5 rings (SSSR count). The second kappa shape index (κ2) is 14.0. The molecule has 2 aliphatic rings. The SMILES string of the molecule is CC(=O)NCc1ccccc1-c1ccc(C2OC(CN3CCCC3C(=O)OC(C)(C)C)CC(c3ccc(CO)cc3)O2)cc1. The maximum absolute atomic E-state index is 13.0. The fourth-order valence-corrected chi connectivity index (χ4v) is 5.97. The number of aliphatic hydroxyl groups is 1. The first-order chi connectivity index (χ1) is 21.1. The van der Waals surface area contributed by atoms with Crippen molar-refractivity contribution in [1.29, 1.82) is 0 Å². The first kappa shape index (κ1) is 31.9. The number of aliphatic hydroxyl groups excluding tert-OH is 1. The molecule has 2 heterocycles. The van der Waals surface area contributed by atoms with Crippen LogP contribution in [0.2, 0.25) is 0 Å². The molecule has 0 bridgehead atoms. The average Bonchev–Trinajstić information content (AvgIpc) is 3.47. The molecular formula is C36H44N2O6. The lowest BCUT2D eigenvalue weighted by Crippen LogP contribution is -2.45. The smallest absolute Gasteiger partial charge is 0.323 e. The Balaban J connectivity index is 1.36. The molecule has 2 saturated heterocycles. The van der Waals surface area contributed by atoms with Gasteiger partial charge in [0, 0.05) is 32.0 Å². The molecule has 0 saturated carbocycles. The van der Waals surface area contributed by atoms with Crippen molar-refractivity contribution in [3.63, 3.8) is 0 Å². The van der Waals surface area contributed by atoms with Crippen molar-refractivity contribution in [2.24, 2.45) is 0 Å². The van der Waals surface area contributed by atoms with E-state index in [1.807, 2.05) is 75.4 Å². The fraction of sp³-hybridized carbons (Fsp3) is 0.444. The molecule has 8 nitrogen and oxygen atoms in total. The van der Waals surface area contributed by atoms with Gasteiger partial charge < -0.3 is 24.6 Å². The first-order valence-corrected chi connectivity index (χ1v) is 15.5. The maximum Gasteiger partial charge on any atom is 0.323 e. The highest BCUT2D eigenvalue weighted by molar-refractivity contribution is 5.76. The Morgan fingerprint density at radius 1 is 0.977 bits per heavy atom. The molecule has 0 spiro atoms. The molecule has 2 N–H and O–H groups in total. The summed E-state index contributed by atoms with van der Waals surface area (Å²) < 4.78 is 18.9. The number of benzene rings is 3. The number of rotatable bonds is 9. The van der Waals surface area contributed by atoms with Gasteiger partial charge in [0.1, 0.15) is 11.6 Å². The van der Waals surface area contributed by atoms with Gasteiger partial charge in [-0.15, -0.1) is 0 Å². The average molecular weight is 601 g/mol. The zero-order chi connectivity index (χ0) is 31.3. The molecule has 3 aromatic carbocycles. The van der Waals surface area contributed by atoms with Crippen molar-refractivity contribution in [3.05, 3.63) is 95.1 Å². The first-order valence-electron chi connectivity index (χ1n) is 15.5. The van der Waals surface area contributed by atoms with E-state index in [4.69, 9.17) is 14.2 Å². The topological polar surface area (TPSA) is 97.3 Å². The van der Waals surface area contributed by atoms with E-state index >= 15 is 0 Å². The normalized spacial score (nSPS) is 22.5. The van der Waals surface area contributed by atoms with Crippen LogP contribution in [-0.2, 0) is 37.0 Å². The number of esters is 1. The summed E-state index contributed by atoms with van der Waals surface area (Å²) in [5.74, 6) is -0.243. The third-order valence-electron chi connectivity index (χ3n) is 8.13. The molecule has 234 valence electrons. The Kier molecular flexibility index (Phi) is 10.2. The Morgan fingerprint density at radius 2 is 1.68 bits per heavy atom. The third kappa shape index (κ3) is 8.12. The molecule has 2 aliphatic heterocycles. The zero-order valence-corrected chi connectivity index (χ0v) is 26.1. The van der Waals surface area contributed by atoms with Crippen molar-refractivity contribution in [2.75, 3.05) is 13.1 Å². The van der Waals surface area contributed by atoms with E-state index in [2.05, 4.69) is 28.4 Å². The lowest BCUT2D eigenvalue weighted by molar-refractivity contribution is -0.253. The number of amides is 1. The van der Waals surface area contributed by atoms with E-state index < -0.39 is 11.9 Å². The molecule has 4 unspecified atom stereocenters. The van der Waals surface area contributed by atoms with Crippen LogP contribution in [0.5, 0.6) is 0 Å². The summed E-state index contributed by atoms with van der Waals surface area (Å²) >= 11 is 0. The monoisotopic (exact) mass is 600 g/mol. The van der Waals surface area contributed by atoms with E-state index in [9.17, 15) is 14.7 Å². The van der Waals surface area contributed by atoms with Crippen LogP contribution < -0.4 is 5.32 Å². The lowest BCUT2D eigenvalue weighted by Gasteiger charge is -2.38. The van der Waals surface area contributed by atoms with E-state index in [1.165, 1.54) is 6.92 Å². The van der Waals surface area contributed by atoms with Gasteiger partial charge in [0.25, 0.3) is 0 Å². The van der Waals surface area contributed by atoms with Crippen LogP contribution in [-0.4, -0.2) is 52.7 Å². The minimum atomic E-state index is -0.595. The van der Waals surface area contributed by atoms with Crippen molar-refractivity contribution < 1.29 is 28.9 Å². The minimum absolute atomic E-state index is 0.0124. The van der Waals surface area contributed by atoms with E-state index in [0.29, 0.717) is 19.5 Å². The predicted octanol–water partition coefficient (Wildman–Crippen LogP) is 5.83. The Morgan fingerprint density at radius 3 is 2.36 bits per heavy atom. The third-order valence-corrected chi connectivity index (χ3v) is 8.13. The largest absolute Gasteiger partial charge is 0.459 e. The van der Waals surface area contributed by atoms with Gasteiger partial charge in [-0.05, 0) is 68.0 Å². The van der Waals surface area contributed by atoms with E-state index in [-0.39, 0.29) is 36.7 Å². The molecule has 0 aliphatic carbocycles. The number of nitrogens with zero attached hydrogens (tertiary/aromatic N) is 1. The van der Waals surface area contributed by atoms with Gasteiger partial charge in [-0.1, -0.05) is 72.8 Å². The van der Waals surface area contributed by atoms with Gasteiger partial charge in [-0.25, -0.2) is 0 Å². The van der Waals surface area contributed by atoms with Crippen LogP contribution in [0, 0.1) is 0 Å². The quantitative estimate of drug-likeness (QED) is 0.298. The Labute approximate surface area is 260 Å². The Bertz CT molecular complexity index is 1420. The highest BCUT2D eigenvalue weighted by Gasteiger charge is 2.38. The van der Waals surface area contributed by atoms with Gasteiger partial charge in [0.15, 0.2) is 6.29 Å². The van der Waals surface area contributed by atoms with Crippen LogP contribution >= 0.6 is 0 Å². The summed E-state index contributed by atoms with van der Waals surface area (Å²) in [6.45, 7) is 9.08. The van der Waals surface area contributed by atoms with Crippen LogP contribution in [0.15, 0.2) is 72.8 Å². The van der Waals surface area contributed by atoms with E-state index in [0.717, 1.165) is 52.8 Å². The summed E-state index contributed by atoms with van der Waals surface area (Å²) in [7, 11) is 0. The number of hydrogen-bond acceptors (Lipinski definition) is 7. The standard InChI is InChI=1S/C36H44N2O6/c1-24(40)37-21-29-8-5-6-9-31(29)26-15-17-28(18-16-26)35-42-30(20-33(43-35)27-13-11-25(23-39)12-14-27)22-38-19-7-10-32(38)34(41)44-36(2,3)4/h5-6,8-9,11-18,30,32-33,35,39H,7,10,19-23H2,1-4H3,(H,37,40). The van der Waals surface area contributed by atoms with Crippen molar-refractivity contribution in [1.82, 2.24) is 10.2 Å². The summed E-state index contributed by atoms with van der Waals surface area (Å²) in [5, 5.41) is 12.4. The molecule has 8 heteroatoms. The molecule has 2 fully saturated rings. The van der Waals surface area contributed by atoms with Gasteiger partial charge in [0.2, 0.25) is 5.91 Å². The molecule has 44 heavy (non-hydrogen) atoms. The highest BCUT2D eigenvalue weighted by Crippen LogP contribution is 2.39. The van der Waals surface area contributed by atoms with E-state index in [1.54, 1.807) is 0 Å². The lowest BCUT2D eigenvalue weighted by atomic mass is 9.97. The molecule has 1 amide bonds. The summed E-state index contributed by atoms with van der Waals surface area (Å²) in [5.41, 5.74) is 5.37. The zero-order valence-electron chi connectivity index (χ0n) is 26.1. The van der Waals surface area contributed by atoms with Crippen molar-refractivity contribution in [3.8, 4) is 11.1 Å². The molecule has 4 atom stereocenters. The number of carbonyl (C=O) groups is 2. The minimum Gasteiger partial charge on any atom is -0.459 e. The Hall–Kier alpha value is -3.56.